The van der Waals surface area contributed by atoms with Gasteiger partial charge < -0.3 is 18.3 Å². The number of nitrogens with zero attached hydrogens (tertiary/aromatic N) is 2. The second-order valence-corrected chi connectivity index (χ2v) is 5.72. The van der Waals surface area contributed by atoms with Crippen LogP contribution in [0.3, 0.4) is 0 Å². The lowest BCUT2D eigenvalue weighted by Gasteiger charge is -2.21. The van der Waals surface area contributed by atoms with Crippen LogP contribution >= 0.6 is 7.74 Å². The fourth-order valence-electron chi connectivity index (χ4n) is 0.998. The van der Waals surface area contributed by atoms with E-state index in [1.165, 1.54) is 7.11 Å². The summed E-state index contributed by atoms with van der Waals surface area (Å²) in [7, 11) is -1.62. The topological polar surface area (TPSA) is 78.7 Å². The third-order valence-electron chi connectivity index (χ3n) is 1.90. The number of ether oxygens (including phenoxy) is 1. The van der Waals surface area contributed by atoms with Gasteiger partial charge in [0.25, 0.3) is 0 Å². The summed E-state index contributed by atoms with van der Waals surface area (Å²) in [5.74, 6) is -0.590. The van der Waals surface area contributed by atoms with Gasteiger partial charge in [0.1, 0.15) is 6.21 Å². The van der Waals surface area contributed by atoms with Crippen LogP contribution in [0.2, 0.25) is 0 Å². The third-order valence-corrected chi connectivity index (χ3v) is 3.75. The molecule has 0 saturated carbocycles. The number of esters is 1. The van der Waals surface area contributed by atoms with Gasteiger partial charge in [-0.25, -0.2) is 4.79 Å². The lowest BCUT2D eigenvalue weighted by Crippen LogP contribution is -2.04. The Morgan fingerprint density at radius 2 is 1.45 bits per heavy atom. The maximum absolute atomic E-state index is 11.0. The van der Waals surface area contributed by atoms with Crippen LogP contribution in [-0.4, -0.2) is 39.1 Å². The minimum Gasteiger partial charge on any atom is -0.465 e. The first-order chi connectivity index (χ1) is 9.64. The van der Waals surface area contributed by atoms with Gasteiger partial charge in [-0.3, -0.25) is 0 Å². The summed E-state index contributed by atoms with van der Waals surface area (Å²) in [6, 6.07) is 0. The Labute approximate surface area is 120 Å². The smallest absolute Gasteiger partial charge is 0.378 e. The largest absolute Gasteiger partial charge is 0.465 e. The molecule has 0 aromatic rings. The van der Waals surface area contributed by atoms with E-state index in [1.54, 1.807) is 0 Å². The quantitative estimate of drug-likeness (QED) is 0.253. The van der Waals surface area contributed by atoms with Crippen molar-refractivity contribution in [3.05, 3.63) is 0 Å². The van der Waals surface area contributed by atoms with Gasteiger partial charge >= 0.3 is 13.7 Å². The molecule has 0 bridgehead atoms. The lowest BCUT2D eigenvalue weighted by molar-refractivity contribution is -0.132. The van der Waals surface area contributed by atoms with Gasteiger partial charge in [-0.05, 0) is 19.3 Å². The Bertz CT molecular complexity index is 318. The summed E-state index contributed by atoms with van der Waals surface area (Å²) in [6.45, 7) is 7.31. The zero-order valence-electron chi connectivity index (χ0n) is 12.7. The highest BCUT2D eigenvalue weighted by atomic mass is 31.2. The van der Waals surface area contributed by atoms with Crippen molar-refractivity contribution in [1.82, 2.24) is 0 Å². The van der Waals surface area contributed by atoms with Crippen molar-refractivity contribution in [1.29, 1.82) is 0 Å². The van der Waals surface area contributed by atoms with E-state index in [9.17, 15) is 4.79 Å². The number of rotatable bonds is 11. The zero-order valence-corrected chi connectivity index (χ0v) is 13.6. The minimum absolute atomic E-state index is 0.457. The Morgan fingerprint density at radius 3 is 1.80 bits per heavy atom. The molecule has 0 aliphatic rings. The number of methoxy groups -OCH3 is 1. The number of hydrogen-bond acceptors (Lipinski definition) is 6. The Hall–Kier alpha value is -0.750. The molecule has 8 heteroatoms. The van der Waals surface area contributed by atoms with Gasteiger partial charge in [0, 0.05) is 0 Å². The van der Waals surface area contributed by atoms with Crippen molar-refractivity contribution >= 4 is 19.9 Å². The van der Waals surface area contributed by atoms with Crippen LogP contribution in [0.4, 0.5) is 0 Å². The summed E-state index contributed by atoms with van der Waals surface area (Å²) >= 11 is 0. The first-order valence-electron chi connectivity index (χ1n) is 6.80. The monoisotopic (exact) mass is 308 g/mol. The molecule has 0 N–H and O–H groups in total. The van der Waals surface area contributed by atoms with Gasteiger partial charge in [-0.2, -0.15) is 0 Å². The van der Waals surface area contributed by atoms with E-state index in [0.717, 1.165) is 25.5 Å². The molecule has 0 fully saturated rings. The Balaban J connectivity index is 5.04. The molecule has 20 heavy (non-hydrogen) atoms. The molecule has 0 amide bonds. The highest BCUT2D eigenvalue weighted by molar-refractivity contribution is 7.51. The van der Waals surface area contributed by atoms with Crippen LogP contribution < -0.4 is 0 Å². The molecule has 7 nitrogen and oxygen atoms in total. The Morgan fingerprint density at radius 1 is 1.00 bits per heavy atom. The molecule has 0 aromatic heterocycles. The summed E-state index contributed by atoms with van der Waals surface area (Å²) in [4.78, 5) is 15.0. The van der Waals surface area contributed by atoms with E-state index in [1.807, 2.05) is 20.8 Å². The second-order valence-electron chi connectivity index (χ2n) is 3.83. The van der Waals surface area contributed by atoms with Crippen LogP contribution in [0.15, 0.2) is 9.96 Å². The molecule has 0 spiro atoms. The number of carbonyl (C=O) groups is 1. The molecule has 0 aromatic carbocycles. The maximum atomic E-state index is 11.0. The molecule has 0 atom stereocenters. The number of carbonyl (C=O) groups excluding carboxylic acids is 1. The van der Waals surface area contributed by atoms with Crippen molar-refractivity contribution in [2.75, 3.05) is 26.9 Å². The molecule has 0 saturated heterocycles. The Kier molecular flexibility index (Phi) is 11.6. The highest BCUT2D eigenvalue weighted by Gasteiger charge is 2.23. The molecular weight excluding hydrogens is 283 g/mol. The van der Waals surface area contributed by atoms with E-state index >= 15 is 0 Å². The van der Waals surface area contributed by atoms with Crippen molar-refractivity contribution in [3.8, 4) is 0 Å². The van der Waals surface area contributed by atoms with Gasteiger partial charge in [0.05, 0.1) is 26.9 Å². The molecule has 0 unspecified atom stereocenters. The third kappa shape index (κ3) is 8.43. The van der Waals surface area contributed by atoms with Crippen LogP contribution in [0.5, 0.6) is 0 Å². The van der Waals surface area contributed by atoms with E-state index in [-0.39, 0.29) is 0 Å². The molecule has 0 aliphatic carbocycles. The zero-order chi connectivity index (χ0) is 15.3. The first kappa shape index (κ1) is 19.2. The molecule has 0 radical (unpaired) electrons. The predicted molar refractivity (Wildman–Crippen MR) is 78.6 cm³/mol. The lowest BCUT2D eigenvalue weighted by atomic mass is 10.5. The van der Waals surface area contributed by atoms with Gasteiger partial charge in [0.15, 0.2) is 0 Å². The summed E-state index contributed by atoms with van der Waals surface area (Å²) in [5.41, 5.74) is 0. The minimum atomic E-state index is -2.89. The van der Waals surface area contributed by atoms with Gasteiger partial charge in [-0.15, -0.1) is 5.10 Å². The molecular formula is C12H25N2O5P. The fourth-order valence-corrected chi connectivity index (χ4v) is 2.79. The molecule has 118 valence electrons. The summed E-state index contributed by atoms with van der Waals surface area (Å²) in [6.07, 6.45) is 3.39. The van der Waals surface area contributed by atoms with Crippen molar-refractivity contribution in [3.63, 3.8) is 0 Å². The van der Waals surface area contributed by atoms with Crippen LogP contribution in [0.25, 0.3) is 0 Å². The average Bonchev–Trinajstić information content (AvgIpc) is 2.48. The fraction of sp³-hybridized carbons (Fsp3) is 0.833. The normalized spacial score (nSPS) is 11.8. The van der Waals surface area contributed by atoms with Crippen LogP contribution in [-0.2, 0) is 23.1 Å². The van der Waals surface area contributed by atoms with E-state index in [2.05, 4.69) is 14.7 Å². The van der Waals surface area contributed by atoms with Crippen molar-refractivity contribution < 1.29 is 23.1 Å². The summed E-state index contributed by atoms with van der Waals surface area (Å²) < 4.78 is 21.3. The second kappa shape index (κ2) is 12.0. The van der Waals surface area contributed by atoms with Gasteiger partial charge in [-0.1, -0.05) is 25.6 Å². The SMILES string of the molecule is CCCOP(=N/N=C/C(=O)OC)(OCCC)OCCC. The van der Waals surface area contributed by atoms with Gasteiger partial charge in [0.2, 0.25) is 0 Å². The number of hydrogen-bond donors (Lipinski definition) is 0. The van der Waals surface area contributed by atoms with Crippen molar-refractivity contribution in [2.45, 2.75) is 40.0 Å². The summed E-state index contributed by atoms with van der Waals surface area (Å²) in [5, 5.41) is 3.67. The molecule has 0 heterocycles. The van der Waals surface area contributed by atoms with Crippen molar-refractivity contribution in [2.24, 2.45) is 9.96 Å². The maximum Gasteiger partial charge on any atom is 0.378 e. The van der Waals surface area contributed by atoms with Crippen LogP contribution in [0, 0.1) is 0 Å². The average molecular weight is 308 g/mol. The highest BCUT2D eigenvalue weighted by Crippen LogP contribution is 2.53. The molecule has 0 aliphatic heterocycles. The first-order valence-corrected chi connectivity index (χ1v) is 8.29. The van der Waals surface area contributed by atoms with E-state index in [0.29, 0.717) is 19.8 Å². The van der Waals surface area contributed by atoms with E-state index < -0.39 is 13.7 Å². The predicted octanol–water partition coefficient (Wildman–Crippen LogP) is 3.37. The van der Waals surface area contributed by atoms with E-state index in [4.69, 9.17) is 13.6 Å². The molecule has 0 rings (SSSR count). The van der Waals surface area contributed by atoms with Crippen LogP contribution in [0.1, 0.15) is 40.0 Å². The standard InChI is InChI=1S/C12H25N2O5P/c1-5-8-17-20(18-9-6-2,19-10-7-3)14-13-11-12(15)16-4/h11H,5-10H2,1-4H3/b13-11+.